The lowest BCUT2D eigenvalue weighted by Crippen LogP contribution is -2.14. The monoisotopic (exact) mass is 394 g/mol. The Bertz CT molecular complexity index is 1350. The first-order chi connectivity index (χ1) is 13.4. The molecular weight excluding hydrogens is 379 g/mol. The summed E-state index contributed by atoms with van der Waals surface area (Å²) in [5, 5.41) is 0.528. The number of sulfone groups is 1. The summed E-state index contributed by atoms with van der Waals surface area (Å²) in [5.74, 6) is -0.344. The van der Waals surface area contributed by atoms with Crippen molar-refractivity contribution in [2.45, 2.75) is 16.7 Å². The Morgan fingerprint density at radius 2 is 1.61 bits per heavy atom. The molecule has 0 bridgehead atoms. The molecule has 0 unspecified atom stereocenters. The number of hydrogen-bond acceptors (Lipinski definition) is 4. The van der Waals surface area contributed by atoms with E-state index in [2.05, 4.69) is 0 Å². The van der Waals surface area contributed by atoms with Crippen molar-refractivity contribution < 1.29 is 17.2 Å². The van der Waals surface area contributed by atoms with E-state index in [1.54, 1.807) is 49.4 Å². The summed E-state index contributed by atoms with van der Waals surface area (Å²) in [7, 11) is -4.06. The van der Waals surface area contributed by atoms with Crippen LogP contribution in [0.4, 0.5) is 4.39 Å². The molecule has 0 atom stereocenters. The first kappa shape index (κ1) is 18.1. The number of hydrogen-bond donors (Lipinski definition) is 0. The van der Waals surface area contributed by atoms with Crippen molar-refractivity contribution in [2.24, 2.45) is 0 Å². The molecule has 0 amide bonds. The molecule has 28 heavy (non-hydrogen) atoms. The molecule has 1 aromatic heterocycles. The lowest BCUT2D eigenvalue weighted by atomic mass is 10.0. The van der Waals surface area contributed by atoms with Crippen LogP contribution < -0.4 is 5.63 Å². The van der Waals surface area contributed by atoms with Gasteiger partial charge in [-0.15, -0.1) is 0 Å². The molecule has 140 valence electrons. The van der Waals surface area contributed by atoms with Crippen LogP contribution in [0.25, 0.3) is 22.1 Å². The normalized spacial score (nSPS) is 11.6. The van der Waals surface area contributed by atoms with Gasteiger partial charge in [0.1, 0.15) is 11.4 Å². The lowest BCUT2D eigenvalue weighted by Gasteiger charge is -2.10. The van der Waals surface area contributed by atoms with E-state index in [1.165, 1.54) is 30.3 Å². The standard InChI is InChI=1S/C22H15FO4S/c1-14-12-18(10-11-19(14)15-6-8-17(23)9-7-15)28(25,26)21-13-16-4-2-3-5-20(16)27-22(21)24/h2-13H,1H3. The van der Waals surface area contributed by atoms with Crippen molar-refractivity contribution in [3.8, 4) is 11.1 Å². The Kier molecular flexibility index (Phi) is 4.35. The molecule has 0 radical (unpaired) electrons. The van der Waals surface area contributed by atoms with Gasteiger partial charge in [0.2, 0.25) is 9.84 Å². The Morgan fingerprint density at radius 1 is 0.893 bits per heavy atom. The van der Waals surface area contributed by atoms with Crippen LogP contribution in [0, 0.1) is 12.7 Å². The van der Waals surface area contributed by atoms with Gasteiger partial charge in [-0.3, -0.25) is 0 Å². The predicted molar refractivity (Wildman–Crippen MR) is 105 cm³/mol. The molecular formula is C22H15FO4S. The average Bonchev–Trinajstić information content (AvgIpc) is 2.68. The maximum absolute atomic E-state index is 13.1. The molecule has 0 fully saturated rings. The topological polar surface area (TPSA) is 64.3 Å². The first-order valence-corrected chi connectivity index (χ1v) is 9.99. The smallest absolute Gasteiger partial charge is 0.355 e. The number of fused-ring (bicyclic) bond motifs is 1. The lowest BCUT2D eigenvalue weighted by molar-refractivity contribution is 0.532. The van der Waals surface area contributed by atoms with Crippen LogP contribution >= 0.6 is 0 Å². The number of aryl methyl sites for hydroxylation is 1. The van der Waals surface area contributed by atoms with Gasteiger partial charge >= 0.3 is 5.63 Å². The summed E-state index contributed by atoms with van der Waals surface area (Å²) in [6.45, 7) is 1.76. The second kappa shape index (κ2) is 6.73. The van der Waals surface area contributed by atoms with Crippen LogP contribution in [-0.2, 0) is 9.84 Å². The second-order valence-corrected chi connectivity index (χ2v) is 8.34. The van der Waals surface area contributed by atoms with Crippen molar-refractivity contribution in [1.29, 1.82) is 0 Å². The van der Waals surface area contributed by atoms with Crippen molar-refractivity contribution in [3.63, 3.8) is 0 Å². The van der Waals surface area contributed by atoms with Gasteiger partial charge in [-0.1, -0.05) is 36.4 Å². The average molecular weight is 394 g/mol. The van der Waals surface area contributed by atoms with Gasteiger partial charge < -0.3 is 4.42 Å². The van der Waals surface area contributed by atoms with Crippen LogP contribution in [0.15, 0.2) is 91.8 Å². The molecule has 0 aliphatic rings. The third-order valence-corrected chi connectivity index (χ3v) is 6.30. The minimum Gasteiger partial charge on any atom is -0.422 e. The number of rotatable bonds is 3. The molecule has 0 aliphatic heterocycles. The highest BCUT2D eigenvalue weighted by Gasteiger charge is 2.24. The zero-order valence-corrected chi connectivity index (χ0v) is 15.7. The fourth-order valence-corrected chi connectivity index (χ4v) is 4.49. The minimum atomic E-state index is -4.06. The van der Waals surface area contributed by atoms with Crippen LogP contribution in [-0.4, -0.2) is 8.42 Å². The van der Waals surface area contributed by atoms with Crippen LogP contribution in [0.1, 0.15) is 5.56 Å². The third kappa shape index (κ3) is 3.12. The molecule has 4 aromatic rings. The van der Waals surface area contributed by atoms with E-state index in [4.69, 9.17) is 4.42 Å². The Hall–Kier alpha value is -3.25. The molecule has 6 heteroatoms. The molecule has 4 rings (SSSR count). The highest BCUT2D eigenvalue weighted by Crippen LogP contribution is 2.28. The molecule has 0 N–H and O–H groups in total. The maximum Gasteiger partial charge on any atom is 0.355 e. The SMILES string of the molecule is Cc1cc(S(=O)(=O)c2cc3ccccc3oc2=O)ccc1-c1ccc(F)cc1. The fraction of sp³-hybridized carbons (Fsp3) is 0.0455. The van der Waals surface area contributed by atoms with Gasteiger partial charge in [0.15, 0.2) is 4.90 Å². The van der Waals surface area contributed by atoms with Gasteiger partial charge in [0.25, 0.3) is 0 Å². The summed E-state index contributed by atoms with van der Waals surface area (Å²) >= 11 is 0. The predicted octanol–water partition coefficient (Wildman–Crippen LogP) is 4.74. The zero-order chi connectivity index (χ0) is 19.9. The van der Waals surface area contributed by atoms with Crippen molar-refractivity contribution in [2.75, 3.05) is 0 Å². The molecule has 0 spiro atoms. The van der Waals surface area contributed by atoms with E-state index >= 15 is 0 Å². The van der Waals surface area contributed by atoms with E-state index in [9.17, 15) is 17.6 Å². The van der Waals surface area contributed by atoms with E-state index in [1.807, 2.05) is 0 Å². The minimum absolute atomic E-state index is 0.00144. The summed E-state index contributed by atoms with van der Waals surface area (Å²) < 4.78 is 44.4. The molecule has 1 heterocycles. The van der Waals surface area contributed by atoms with Crippen LogP contribution in [0.2, 0.25) is 0 Å². The molecule has 3 aromatic carbocycles. The van der Waals surface area contributed by atoms with Crippen LogP contribution in [0.3, 0.4) is 0 Å². The van der Waals surface area contributed by atoms with Gasteiger partial charge in [0, 0.05) is 5.39 Å². The van der Waals surface area contributed by atoms with Gasteiger partial charge in [-0.05, 0) is 60.0 Å². The Morgan fingerprint density at radius 3 is 2.32 bits per heavy atom. The van der Waals surface area contributed by atoms with Gasteiger partial charge in [-0.25, -0.2) is 17.6 Å². The third-order valence-electron chi connectivity index (χ3n) is 4.56. The summed E-state index contributed by atoms with van der Waals surface area (Å²) in [6, 6.07) is 18.6. The van der Waals surface area contributed by atoms with Crippen molar-refractivity contribution >= 4 is 20.8 Å². The van der Waals surface area contributed by atoms with E-state index in [0.717, 1.165) is 11.1 Å². The Balaban J connectivity index is 1.82. The summed E-state index contributed by atoms with van der Waals surface area (Å²) in [5.41, 5.74) is 1.67. The van der Waals surface area contributed by atoms with E-state index in [0.29, 0.717) is 16.5 Å². The van der Waals surface area contributed by atoms with E-state index < -0.39 is 20.4 Å². The maximum atomic E-state index is 13.1. The number of benzene rings is 3. The molecule has 0 saturated heterocycles. The highest BCUT2D eigenvalue weighted by molar-refractivity contribution is 7.91. The fourth-order valence-electron chi connectivity index (χ4n) is 3.11. The summed E-state index contributed by atoms with van der Waals surface area (Å²) in [6.07, 6.45) is 0. The molecule has 0 saturated carbocycles. The highest BCUT2D eigenvalue weighted by atomic mass is 32.2. The second-order valence-electron chi connectivity index (χ2n) is 6.42. The largest absolute Gasteiger partial charge is 0.422 e. The first-order valence-electron chi connectivity index (χ1n) is 8.51. The summed E-state index contributed by atoms with van der Waals surface area (Å²) in [4.78, 5) is 11.9. The number of para-hydroxylation sites is 1. The molecule has 4 nitrogen and oxygen atoms in total. The van der Waals surface area contributed by atoms with Crippen molar-refractivity contribution in [1.82, 2.24) is 0 Å². The number of halogens is 1. The van der Waals surface area contributed by atoms with Crippen LogP contribution in [0.5, 0.6) is 0 Å². The zero-order valence-electron chi connectivity index (χ0n) is 14.8. The van der Waals surface area contributed by atoms with Crippen molar-refractivity contribution in [3.05, 3.63) is 94.6 Å². The Labute approximate surface area is 160 Å². The molecule has 0 aliphatic carbocycles. The quantitative estimate of drug-likeness (QED) is 0.471. The van der Waals surface area contributed by atoms with E-state index in [-0.39, 0.29) is 10.7 Å². The van der Waals surface area contributed by atoms with Gasteiger partial charge in [-0.2, -0.15) is 0 Å². The van der Waals surface area contributed by atoms with Gasteiger partial charge in [0.05, 0.1) is 4.90 Å².